The van der Waals surface area contributed by atoms with Crippen molar-refractivity contribution in [3.63, 3.8) is 0 Å². The molecule has 7 nitrogen and oxygen atoms in total. The number of hydrogen-bond acceptors (Lipinski definition) is 6. The molecule has 0 aliphatic carbocycles. The molecule has 0 bridgehead atoms. The van der Waals surface area contributed by atoms with Crippen LogP contribution in [0, 0.1) is 0 Å². The number of rotatable bonds is 4. The summed E-state index contributed by atoms with van der Waals surface area (Å²) >= 11 is 1.70. The average molecular weight is 420 g/mol. The van der Waals surface area contributed by atoms with Crippen LogP contribution in [0.2, 0.25) is 0 Å². The quantitative estimate of drug-likeness (QED) is 0.605. The van der Waals surface area contributed by atoms with Gasteiger partial charge in [-0.1, -0.05) is 24.3 Å². The van der Waals surface area contributed by atoms with Crippen LogP contribution < -0.4 is 0 Å². The maximum Gasteiger partial charge on any atom is 0.262 e. The molecule has 2 aliphatic heterocycles. The van der Waals surface area contributed by atoms with E-state index in [1.807, 2.05) is 18.2 Å². The lowest BCUT2D eigenvalue weighted by Crippen LogP contribution is -2.51. The minimum Gasteiger partial charge on any atom is -0.339 e. The first-order valence-electron chi connectivity index (χ1n) is 9.90. The Bertz CT molecular complexity index is 1080. The second kappa shape index (κ2) is 7.62. The van der Waals surface area contributed by atoms with Gasteiger partial charge in [-0.3, -0.25) is 24.2 Å². The maximum atomic E-state index is 12.7. The van der Waals surface area contributed by atoms with Gasteiger partial charge in [-0.15, -0.1) is 11.3 Å². The summed E-state index contributed by atoms with van der Waals surface area (Å²) in [5.41, 5.74) is 1.76. The minimum absolute atomic E-state index is 0.191. The predicted molar refractivity (Wildman–Crippen MR) is 113 cm³/mol. The Hall–Kier alpha value is -3.10. The molecule has 1 fully saturated rings. The number of amides is 3. The van der Waals surface area contributed by atoms with Gasteiger partial charge in [0.15, 0.2) is 0 Å². The number of hydrogen-bond donors (Lipinski definition) is 0. The SMILES string of the molecule is O=C(CN1C(=O)c2ccccc2C1=O)N1CCN(Cc2nc3ccccc3s2)CC1. The highest BCUT2D eigenvalue weighted by Gasteiger charge is 2.37. The molecule has 3 heterocycles. The lowest BCUT2D eigenvalue weighted by molar-refractivity contribution is -0.133. The van der Waals surface area contributed by atoms with Crippen LogP contribution >= 0.6 is 11.3 Å². The molecule has 0 radical (unpaired) electrons. The number of para-hydroxylation sites is 1. The number of fused-ring (bicyclic) bond motifs is 2. The molecule has 2 aliphatic rings. The molecule has 5 rings (SSSR count). The fraction of sp³-hybridized carbons (Fsp3) is 0.273. The van der Waals surface area contributed by atoms with Crippen molar-refractivity contribution in [3.05, 3.63) is 64.7 Å². The van der Waals surface area contributed by atoms with E-state index in [9.17, 15) is 14.4 Å². The number of imide groups is 1. The molecule has 0 N–H and O–H groups in total. The normalized spacial score (nSPS) is 17.1. The molecule has 2 aromatic carbocycles. The third-order valence-corrected chi connectivity index (χ3v) is 6.61. The zero-order valence-corrected chi connectivity index (χ0v) is 17.1. The summed E-state index contributed by atoms with van der Waals surface area (Å²) in [4.78, 5) is 47.4. The zero-order chi connectivity index (χ0) is 20.7. The Morgan fingerprint density at radius 2 is 1.53 bits per heavy atom. The summed E-state index contributed by atoms with van der Waals surface area (Å²) in [6.07, 6.45) is 0. The summed E-state index contributed by atoms with van der Waals surface area (Å²) in [7, 11) is 0. The zero-order valence-electron chi connectivity index (χ0n) is 16.3. The molecular formula is C22H20N4O3S. The van der Waals surface area contributed by atoms with E-state index in [1.54, 1.807) is 40.5 Å². The molecule has 3 aromatic rings. The molecule has 0 atom stereocenters. The Balaban J connectivity index is 1.17. The highest BCUT2D eigenvalue weighted by atomic mass is 32.1. The molecule has 0 saturated carbocycles. The van der Waals surface area contributed by atoms with E-state index in [2.05, 4.69) is 16.0 Å². The van der Waals surface area contributed by atoms with Crippen LogP contribution in [-0.2, 0) is 11.3 Å². The molecule has 0 spiro atoms. The van der Waals surface area contributed by atoms with Gasteiger partial charge in [-0.05, 0) is 24.3 Å². The van der Waals surface area contributed by atoms with Crippen LogP contribution in [0.1, 0.15) is 25.7 Å². The predicted octanol–water partition coefficient (Wildman–Crippen LogP) is 2.24. The van der Waals surface area contributed by atoms with Gasteiger partial charge in [0.2, 0.25) is 5.91 Å². The number of carbonyl (C=O) groups excluding carboxylic acids is 3. The lowest BCUT2D eigenvalue weighted by Gasteiger charge is -2.34. The number of thiazole rings is 1. The second-order valence-electron chi connectivity index (χ2n) is 7.47. The van der Waals surface area contributed by atoms with Crippen LogP contribution in [0.5, 0.6) is 0 Å². The Morgan fingerprint density at radius 3 is 2.20 bits per heavy atom. The van der Waals surface area contributed by atoms with E-state index in [0.717, 1.165) is 35.1 Å². The number of nitrogens with zero attached hydrogens (tertiary/aromatic N) is 4. The largest absolute Gasteiger partial charge is 0.339 e. The summed E-state index contributed by atoms with van der Waals surface area (Å²) in [5.74, 6) is -0.971. The third kappa shape index (κ3) is 3.38. The Kier molecular flexibility index (Phi) is 4.80. The van der Waals surface area contributed by atoms with Crippen LogP contribution in [0.15, 0.2) is 48.5 Å². The van der Waals surface area contributed by atoms with E-state index in [4.69, 9.17) is 0 Å². The fourth-order valence-electron chi connectivity index (χ4n) is 3.95. The second-order valence-corrected chi connectivity index (χ2v) is 8.59. The number of benzene rings is 2. The van der Waals surface area contributed by atoms with Crippen molar-refractivity contribution in [2.45, 2.75) is 6.54 Å². The molecule has 152 valence electrons. The first-order chi connectivity index (χ1) is 14.6. The van der Waals surface area contributed by atoms with Gasteiger partial charge in [0.05, 0.1) is 27.9 Å². The van der Waals surface area contributed by atoms with Crippen LogP contribution in [0.3, 0.4) is 0 Å². The topological polar surface area (TPSA) is 73.8 Å². The first-order valence-corrected chi connectivity index (χ1v) is 10.7. The van der Waals surface area contributed by atoms with E-state index >= 15 is 0 Å². The van der Waals surface area contributed by atoms with E-state index < -0.39 is 11.8 Å². The maximum absolute atomic E-state index is 12.7. The van der Waals surface area contributed by atoms with E-state index in [0.29, 0.717) is 24.2 Å². The van der Waals surface area contributed by atoms with Gasteiger partial charge in [-0.25, -0.2) is 4.98 Å². The number of aromatic nitrogens is 1. The third-order valence-electron chi connectivity index (χ3n) is 5.59. The smallest absolute Gasteiger partial charge is 0.262 e. The van der Waals surface area contributed by atoms with Gasteiger partial charge in [0.1, 0.15) is 11.6 Å². The summed E-state index contributed by atoms with van der Waals surface area (Å²) in [6, 6.07) is 14.8. The molecule has 30 heavy (non-hydrogen) atoms. The molecule has 8 heteroatoms. The fourth-order valence-corrected chi connectivity index (χ4v) is 4.96. The summed E-state index contributed by atoms with van der Waals surface area (Å²) in [6.45, 7) is 3.19. The summed E-state index contributed by atoms with van der Waals surface area (Å²) < 4.78 is 1.18. The molecular weight excluding hydrogens is 400 g/mol. The highest BCUT2D eigenvalue weighted by Crippen LogP contribution is 2.24. The number of piperazine rings is 1. The minimum atomic E-state index is -0.390. The number of carbonyl (C=O) groups is 3. The highest BCUT2D eigenvalue weighted by molar-refractivity contribution is 7.18. The average Bonchev–Trinajstić information content (AvgIpc) is 3.28. The standard InChI is InChI=1S/C22H20N4O3S/c27-20(14-26-21(28)15-5-1-2-6-16(15)22(26)29)25-11-9-24(10-12-25)13-19-23-17-7-3-4-8-18(17)30-19/h1-8H,9-14H2. The summed E-state index contributed by atoms with van der Waals surface area (Å²) in [5, 5.41) is 1.07. The molecule has 3 amide bonds. The first kappa shape index (κ1) is 18.9. The van der Waals surface area contributed by atoms with E-state index in [1.165, 1.54) is 4.70 Å². The van der Waals surface area contributed by atoms with Crippen molar-refractivity contribution in [2.75, 3.05) is 32.7 Å². The Labute approximate surface area is 177 Å². The van der Waals surface area contributed by atoms with Gasteiger partial charge in [-0.2, -0.15) is 0 Å². The van der Waals surface area contributed by atoms with Crippen molar-refractivity contribution >= 4 is 39.3 Å². The van der Waals surface area contributed by atoms with Gasteiger partial charge < -0.3 is 4.90 Å². The van der Waals surface area contributed by atoms with Crippen molar-refractivity contribution in [3.8, 4) is 0 Å². The molecule has 1 saturated heterocycles. The van der Waals surface area contributed by atoms with Gasteiger partial charge in [0, 0.05) is 26.2 Å². The lowest BCUT2D eigenvalue weighted by atomic mass is 10.1. The van der Waals surface area contributed by atoms with Crippen LogP contribution in [0.25, 0.3) is 10.2 Å². The van der Waals surface area contributed by atoms with Gasteiger partial charge in [0.25, 0.3) is 11.8 Å². The van der Waals surface area contributed by atoms with Crippen molar-refractivity contribution in [1.82, 2.24) is 19.7 Å². The van der Waals surface area contributed by atoms with Crippen LogP contribution in [0.4, 0.5) is 0 Å². The molecule has 1 aromatic heterocycles. The Morgan fingerprint density at radius 1 is 0.900 bits per heavy atom. The van der Waals surface area contributed by atoms with E-state index in [-0.39, 0.29) is 12.5 Å². The monoisotopic (exact) mass is 420 g/mol. The molecule has 0 unspecified atom stereocenters. The van der Waals surface area contributed by atoms with Crippen molar-refractivity contribution < 1.29 is 14.4 Å². The van der Waals surface area contributed by atoms with Crippen molar-refractivity contribution in [1.29, 1.82) is 0 Å². The van der Waals surface area contributed by atoms with Crippen molar-refractivity contribution in [2.24, 2.45) is 0 Å². The van der Waals surface area contributed by atoms with Crippen LogP contribution in [-0.4, -0.2) is 70.1 Å². The van der Waals surface area contributed by atoms with Gasteiger partial charge >= 0.3 is 0 Å².